The third-order valence-electron chi connectivity index (χ3n) is 6.04. The van der Waals surface area contributed by atoms with Crippen LogP contribution in [0.1, 0.15) is 37.7 Å². The molecule has 0 bridgehead atoms. The summed E-state index contributed by atoms with van der Waals surface area (Å²) in [6.07, 6.45) is 10.5. The SMILES string of the molecule is O=C(NCC1(c2ccccc2)CCC1)C1CCN(c2cnccn2)CC1. The lowest BCUT2D eigenvalue weighted by Gasteiger charge is -2.43. The van der Waals surface area contributed by atoms with Gasteiger partial charge in [-0.25, -0.2) is 4.98 Å². The molecule has 1 aliphatic heterocycles. The fraction of sp³-hybridized carbons (Fsp3) is 0.476. The predicted octanol–water partition coefficient (Wildman–Crippen LogP) is 2.93. The van der Waals surface area contributed by atoms with Crippen LogP contribution in [0.5, 0.6) is 0 Å². The van der Waals surface area contributed by atoms with Crippen molar-refractivity contribution in [2.75, 3.05) is 24.5 Å². The molecule has 1 aromatic carbocycles. The lowest BCUT2D eigenvalue weighted by molar-refractivity contribution is -0.126. The molecule has 0 atom stereocenters. The molecule has 1 aromatic heterocycles. The number of benzene rings is 1. The van der Waals surface area contributed by atoms with Crippen molar-refractivity contribution < 1.29 is 4.79 Å². The molecule has 136 valence electrons. The Hall–Kier alpha value is -2.43. The minimum absolute atomic E-state index is 0.107. The highest BCUT2D eigenvalue weighted by Crippen LogP contribution is 2.43. The Bertz CT molecular complexity index is 722. The van der Waals surface area contributed by atoms with Gasteiger partial charge < -0.3 is 10.2 Å². The molecule has 1 saturated carbocycles. The zero-order chi connectivity index (χ0) is 17.8. The Morgan fingerprint density at radius 3 is 2.54 bits per heavy atom. The molecule has 1 aliphatic carbocycles. The van der Waals surface area contributed by atoms with Crippen molar-refractivity contribution in [1.29, 1.82) is 0 Å². The number of anilines is 1. The highest BCUT2D eigenvalue weighted by molar-refractivity contribution is 5.79. The molecular weight excluding hydrogens is 324 g/mol. The first kappa shape index (κ1) is 17.0. The molecule has 26 heavy (non-hydrogen) atoms. The summed E-state index contributed by atoms with van der Waals surface area (Å²) >= 11 is 0. The monoisotopic (exact) mass is 350 g/mol. The number of carbonyl (C=O) groups is 1. The standard InChI is InChI=1S/C21H26N4O/c26-20(17-7-13-25(14-8-17)19-15-22-11-12-23-19)24-16-21(9-4-10-21)18-5-2-1-3-6-18/h1-3,5-6,11-12,15,17H,4,7-10,13-14,16H2,(H,24,26). The van der Waals surface area contributed by atoms with Crippen molar-refractivity contribution >= 4 is 11.7 Å². The van der Waals surface area contributed by atoms with Crippen LogP contribution in [0.25, 0.3) is 0 Å². The number of piperidine rings is 1. The minimum Gasteiger partial charge on any atom is -0.355 e. The maximum absolute atomic E-state index is 12.7. The fourth-order valence-electron chi connectivity index (χ4n) is 4.19. The van der Waals surface area contributed by atoms with Crippen molar-refractivity contribution in [3.05, 3.63) is 54.5 Å². The van der Waals surface area contributed by atoms with Crippen molar-refractivity contribution in [3.8, 4) is 0 Å². The summed E-state index contributed by atoms with van der Waals surface area (Å²) < 4.78 is 0. The van der Waals surface area contributed by atoms with E-state index in [2.05, 4.69) is 50.5 Å². The van der Waals surface area contributed by atoms with E-state index in [4.69, 9.17) is 0 Å². The minimum atomic E-state index is 0.107. The average Bonchev–Trinajstić information content (AvgIpc) is 2.69. The molecule has 2 aromatic rings. The van der Waals surface area contributed by atoms with Gasteiger partial charge in [-0.15, -0.1) is 0 Å². The lowest BCUT2D eigenvalue weighted by Crippen LogP contribution is -2.48. The number of rotatable bonds is 5. The van der Waals surface area contributed by atoms with Crippen molar-refractivity contribution in [2.45, 2.75) is 37.5 Å². The van der Waals surface area contributed by atoms with Gasteiger partial charge in [0.2, 0.25) is 5.91 Å². The largest absolute Gasteiger partial charge is 0.355 e. The first-order chi connectivity index (χ1) is 12.8. The summed E-state index contributed by atoms with van der Waals surface area (Å²) in [7, 11) is 0. The molecule has 0 spiro atoms. The number of aromatic nitrogens is 2. The number of nitrogens with zero attached hydrogens (tertiary/aromatic N) is 3. The van der Waals surface area contributed by atoms with Crippen LogP contribution in [0, 0.1) is 5.92 Å². The van der Waals surface area contributed by atoms with Gasteiger partial charge in [0.25, 0.3) is 0 Å². The Kier molecular flexibility index (Phi) is 4.87. The third kappa shape index (κ3) is 3.43. The van der Waals surface area contributed by atoms with Gasteiger partial charge in [0.15, 0.2) is 0 Å². The van der Waals surface area contributed by atoms with Gasteiger partial charge in [-0.2, -0.15) is 0 Å². The van der Waals surface area contributed by atoms with Crippen LogP contribution >= 0.6 is 0 Å². The van der Waals surface area contributed by atoms with E-state index >= 15 is 0 Å². The number of hydrogen-bond donors (Lipinski definition) is 1. The van der Waals surface area contributed by atoms with Crippen LogP contribution in [-0.4, -0.2) is 35.5 Å². The number of hydrogen-bond acceptors (Lipinski definition) is 4. The second kappa shape index (κ2) is 7.44. The topological polar surface area (TPSA) is 58.1 Å². The quantitative estimate of drug-likeness (QED) is 0.901. The van der Waals surface area contributed by atoms with E-state index in [0.29, 0.717) is 0 Å². The lowest BCUT2D eigenvalue weighted by atomic mass is 9.64. The Morgan fingerprint density at radius 2 is 1.92 bits per heavy atom. The van der Waals surface area contributed by atoms with Crippen LogP contribution in [0.2, 0.25) is 0 Å². The fourth-order valence-corrected chi connectivity index (χ4v) is 4.19. The zero-order valence-electron chi connectivity index (χ0n) is 15.1. The molecule has 1 amide bonds. The summed E-state index contributed by atoms with van der Waals surface area (Å²) in [5.41, 5.74) is 1.51. The van der Waals surface area contributed by atoms with Gasteiger partial charge in [-0.3, -0.25) is 9.78 Å². The molecule has 0 unspecified atom stereocenters. The first-order valence-corrected chi connectivity index (χ1v) is 9.61. The summed E-state index contributed by atoms with van der Waals surface area (Å²) in [5.74, 6) is 1.23. The number of carbonyl (C=O) groups excluding carboxylic acids is 1. The van der Waals surface area contributed by atoms with Crippen molar-refractivity contribution in [3.63, 3.8) is 0 Å². The normalized spacial score (nSPS) is 19.6. The Balaban J connectivity index is 1.31. The molecular formula is C21H26N4O. The van der Waals surface area contributed by atoms with Crippen molar-refractivity contribution in [1.82, 2.24) is 15.3 Å². The smallest absolute Gasteiger partial charge is 0.223 e. The van der Waals surface area contributed by atoms with E-state index in [9.17, 15) is 4.79 Å². The molecule has 5 nitrogen and oxygen atoms in total. The molecule has 5 heteroatoms. The molecule has 0 radical (unpaired) electrons. The van der Waals surface area contributed by atoms with Crippen LogP contribution in [0.3, 0.4) is 0 Å². The second-order valence-electron chi connectivity index (χ2n) is 7.54. The summed E-state index contributed by atoms with van der Waals surface area (Å²) in [6.45, 7) is 2.49. The van der Waals surface area contributed by atoms with E-state index in [-0.39, 0.29) is 17.2 Å². The van der Waals surface area contributed by atoms with E-state index < -0.39 is 0 Å². The second-order valence-corrected chi connectivity index (χ2v) is 7.54. The van der Waals surface area contributed by atoms with Gasteiger partial charge in [0.1, 0.15) is 5.82 Å². The summed E-state index contributed by atoms with van der Waals surface area (Å²) in [5, 5.41) is 3.26. The van der Waals surface area contributed by atoms with Crippen molar-refractivity contribution in [2.24, 2.45) is 5.92 Å². The van der Waals surface area contributed by atoms with Crippen LogP contribution in [0.4, 0.5) is 5.82 Å². The molecule has 1 saturated heterocycles. The van der Waals surface area contributed by atoms with Crippen LogP contribution in [-0.2, 0) is 10.2 Å². The predicted molar refractivity (Wildman–Crippen MR) is 102 cm³/mol. The Labute approximate surface area is 154 Å². The van der Waals surface area contributed by atoms with Crippen LogP contribution in [0.15, 0.2) is 48.9 Å². The maximum Gasteiger partial charge on any atom is 0.223 e. The highest BCUT2D eigenvalue weighted by atomic mass is 16.1. The van der Waals surface area contributed by atoms with E-state index in [0.717, 1.165) is 38.3 Å². The molecule has 2 aliphatic rings. The third-order valence-corrected chi connectivity index (χ3v) is 6.04. The molecule has 2 fully saturated rings. The van der Waals surface area contributed by atoms with Gasteiger partial charge in [0, 0.05) is 43.4 Å². The van der Waals surface area contributed by atoms with Gasteiger partial charge in [0.05, 0.1) is 6.20 Å². The first-order valence-electron chi connectivity index (χ1n) is 9.61. The molecule has 2 heterocycles. The summed E-state index contributed by atoms with van der Waals surface area (Å²) in [4.78, 5) is 23.4. The summed E-state index contributed by atoms with van der Waals surface area (Å²) in [6, 6.07) is 10.6. The molecule has 4 rings (SSSR count). The average molecular weight is 350 g/mol. The number of amides is 1. The van der Waals surface area contributed by atoms with E-state index in [1.807, 2.05) is 0 Å². The van der Waals surface area contributed by atoms with Crippen LogP contribution < -0.4 is 10.2 Å². The molecule has 1 N–H and O–H groups in total. The van der Waals surface area contributed by atoms with Gasteiger partial charge >= 0.3 is 0 Å². The maximum atomic E-state index is 12.7. The van der Waals surface area contributed by atoms with Gasteiger partial charge in [-0.05, 0) is 31.2 Å². The Morgan fingerprint density at radius 1 is 1.15 bits per heavy atom. The highest BCUT2D eigenvalue weighted by Gasteiger charge is 2.39. The van der Waals surface area contributed by atoms with E-state index in [1.54, 1.807) is 18.6 Å². The zero-order valence-corrected chi connectivity index (χ0v) is 15.1. The van der Waals surface area contributed by atoms with E-state index in [1.165, 1.54) is 24.8 Å². The van der Waals surface area contributed by atoms with Gasteiger partial charge in [-0.1, -0.05) is 36.8 Å². The number of nitrogens with one attached hydrogen (secondary N) is 1.